The first kappa shape index (κ1) is 10.1. The Labute approximate surface area is 89.5 Å². The van der Waals surface area contributed by atoms with Gasteiger partial charge >= 0.3 is 0 Å². The molecule has 0 aliphatic heterocycles. The van der Waals surface area contributed by atoms with Crippen LogP contribution in [0, 0.1) is 0 Å². The first-order valence-electron chi connectivity index (χ1n) is 5.13. The lowest BCUT2D eigenvalue weighted by Gasteiger charge is -2.27. The van der Waals surface area contributed by atoms with Crippen LogP contribution in [0.3, 0.4) is 0 Å². The maximum Gasteiger partial charge on any atom is 0.0687 e. The summed E-state index contributed by atoms with van der Waals surface area (Å²) in [7, 11) is 0. The Balaban J connectivity index is 2.10. The van der Waals surface area contributed by atoms with Crippen molar-refractivity contribution in [2.45, 2.75) is 41.9 Å². The van der Waals surface area contributed by atoms with Gasteiger partial charge in [0.15, 0.2) is 0 Å². The number of hydrogen-bond donors (Lipinski definition) is 1. The third-order valence-electron chi connectivity index (χ3n) is 2.95. The number of hydrogen-bond acceptors (Lipinski definition) is 2. The lowest BCUT2D eigenvalue weighted by atomic mass is 10.1. The molecule has 2 heteroatoms. The van der Waals surface area contributed by atoms with Gasteiger partial charge in [-0.15, -0.1) is 11.8 Å². The second-order valence-corrected chi connectivity index (χ2v) is 5.74. The zero-order valence-electron chi connectivity index (χ0n) is 8.44. The number of thioether (sulfide) groups is 1. The highest BCUT2D eigenvalue weighted by Gasteiger charge is 2.38. The first-order valence-corrected chi connectivity index (χ1v) is 5.94. The molecule has 0 saturated heterocycles. The van der Waals surface area contributed by atoms with Gasteiger partial charge in [0.25, 0.3) is 0 Å². The van der Waals surface area contributed by atoms with Crippen molar-refractivity contribution in [3.63, 3.8) is 0 Å². The Bertz CT molecular complexity index is 298. The third-order valence-corrected chi connectivity index (χ3v) is 4.40. The predicted octanol–water partition coefficient (Wildman–Crippen LogP) is 3.08. The van der Waals surface area contributed by atoms with Crippen LogP contribution < -0.4 is 0 Å². The molecular formula is C12H16OS. The van der Waals surface area contributed by atoms with Gasteiger partial charge in [0.05, 0.1) is 6.10 Å². The Hall–Kier alpha value is -0.470. The van der Waals surface area contributed by atoms with E-state index in [2.05, 4.69) is 19.1 Å². The Kier molecular flexibility index (Phi) is 2.84. The molecule has 2 rings (SSSR count). The topological polar surface area (TPSA) is 20.2 Å². The largest absolute Gasteiger partial charge is 0.392 e. The van der Waals surface area contributed by atoms with Crippen molar-refractivity contribution in [3.8, 4) is 0 Å². The quantitative estimate of drug-likeness (QED) is 0.806. The van der Waals surface area contributed by atoms with Crippen molar-refractivity contribution < 1.29 is 5.11 Å². The lowest BCUT2D eigenvalue weighted by Crippen LogP contribution is -2.29. The van der Waals surface area contributed by atoms with Crippen LogP contribution in [0.2, 0.25) is 0 Å². The van der Waals surface area contributed by atoms with Gasteiger partial charge in [-0.3, -0.25) is 0 Å². The Morgan fingerprint density at radius 2 is 2.07 bits per heavy atom. The molecule has 1 aromatic rings. The van der Waals surface area contributed by atoms with E-state index in [0.717, 1.165) is 19.3 Å². The van der Waals surface area contributed by atoms with E-state index in [0.29, 0.717) is 0 Å². The smallest absolute Gasteiger partial charge is 0.0687 e. The summed E-state index contributed by atoms with van der Waals surface area (Å²) in [6.45, 7) is 2.17. The van der Waals surface area contributed by atoms with Crippen LogP contribution in [0.5, 0.6) is 0 Å². The van der Waals surface area contributed by atoms with E-state index in [-0.39, 0.29) is 10.9 Å². The van der Waals surface area contributed by atoms with E-state index in [1.165, 1.54) is 4.90 Å². The van der Waals surface area contributed by atoms with Gasteiger partial charge in [-0.2, -0.15) is 0 Å². The van der Waals surface area contributed by atoms with Gasteiger partial charge < -0.3 is 5.11 Å². The van der Waals surface area contributed by atoms with Crippen molar-refractivity contribution in [2.24, 2.45) is 0 Å². The van der Waals surface area contributed by atoms with Gasteiger partial charge in [-0.25, -0.2) is 0 Å². The molecule has 1 saturated carbocycles. The SMILES string of the molecule is C[C@@]1(Sc2ccccc2)CCC[C@@H]1O. The summed E-state index contributed by atoms with van der Waals surface area (Å²) in [6.07, 6.45) is 3.08. The van der Waals surface area contributed by atoms with Gasteiger partial charge in [0.1, 0.15) is 0 Å². The zero-order chi connectivity index (χ0) is 10.0. The number of rotatable bonds is 2. The summed E-state index contributed by atoms with van der Waals surface area (Å²) in [6, 6.07) is 10.3. The predicted molar refractivity (Wildman–Crippen MR) is 60.6 cm³/mol. The van der Waals surface area contributed by atoms with Crippen LogP contribution >= 0.6 is 11.8 Å². The summed E-state index contributed by atoms with van der Waals surface area (Å²) in [4.78, 5) is 1.26. The highest BCUT2D eigenvalue weighted by Crippen LogP contribution is 2.44. The number of aliphatic hydroxyl groups is 1. The molecule has 0 spiro atoms. The molecule has 1 nitrogen and oxygen atoms in total. The standard InChI is InChI=1S/C12H16OS/c1-12(9-5-8-11(12)13)14-10-6-3-2-4-7-10/h2-4,6-7,11,13H,5,8-9H2,1H3/t11-,12+/m0/s1. The molecular weight excluding hydrogens is 192 g/mol. The van der Waals surface area contributed by atoms with E-state index in [9.17, 15) is 5.11 Å². The summed E-state index contributed by atoms with van der Waals surface area (Å²) < 4.78 is 0.0291. The minimum atomic E-state index is -0.146. The lowest BCUT2D eigenvalue weighted by molar-refractivity contribution is 0.157. The Morgan fingerprint density at radius 3 is 2.64 bits per heavy atom. The maximum absolute atomic E-state index is 9.89. The fraction of sp³-hybridized carbons (Fsp3) is 0.500. The summed E-state index contributed by atoms with van der Waals surface area (Å²) in [5, 5.41) is 9.89. The molecule has 2 atom stereocenters. The monoisotopic (exact) mass is 208 g/mol. The molecule has 1 fully saturated rings. The average molecular weight is 208 g/mol. The molecule has 0 amide bonds. The van der Waals surface area contributed by atoms with Crippen LogP contribution in [0.4, 0.5) is 0 Å². The van der Waals surface area contributed by atoms with Crippen LogP contribution in [-0.4, -0.2) is 16.0 Å². The van der Waals surface area contributed by atoms with Crippen LogP contribution in [-0.2, 0) is 0 Å². The van der Waals surface area contributed by atoms with Crippen LogP contribution in [0.1, 0.15) is 26.2 Å². The molecule has 0 bridgehead atoms. The van der Waals surface area contributed by atoms with Crippen molar-refractivity contribution in [2.75, 3.05) is 0 Å². The number of aliphatic hydroxyl groups excluding tert-OH is 1. The van der Waals surface area contributed by atoms with E-state index < -0.39 is 0 Å². The maximum atomic E-state index is 9.89. The van der Waals surface area contributed by atoms with Gasteiger partial charge in [-0.05, 0) is 38.3 Å². The fourth-order valence-corrected chi connectivity index (χ4v) is 3.33. The molecule has 0 heterocycles. The van der Waals surface area contributed by atoms with E-state index in [4.69, 9.17) is 0 Å². The second kappa shape index (κ2) is 3.95. The molecule has 0 aromatic heterocycles. The van der Waals surface area contributed by atoms with Crippen molar-refractivity contribution in [1.29, 1.82) is 0 Å². The van der Waals surface area contributed by atoms with Gasteiger partial charge in [0, 0.05) is 9.64 Å². The fourth-order valence-electron chi connectivity index (χ4n) is 2.00. The van der Waals surface area contributed by atoms with Crippen LogP contribution in [0.15, 0.2) is 35.2 Å². The second-order valence-electron chi connectivity index (χ2n) is 4.14. The van der Waals surface area contributed by atoms with Crippen molar-refractivity contribution in [3.05, 3.63) is 30.3 Å². The molecule has 14 heavy (non-hydrogen) atoms. The summed E-state index contributed by atoms with van der Waals surface area (Å²) in [5.41, 5.74) is 0. The molecule has 1 aliphatic rings. The number of benzene rings is 1. The van der Waals surface area contributed by atoms with Crippen LogP contribution in [0.25, 0.3) is 0 Å². The molecule has 1 aliphatic carbocycles. The molecule has 1 aromatic carbocycles. The normalized spacial score (nSPS) is 32.0. The molecule has 76 valence electrons. The van der Waals surface area contributed by atoms with Gasteiger partial charge in [-0.1, -0.05) is 18.2 Å². The zero-order valence-corrected chi connectivity index (χ0v) is 9.26. The third kappa shape index (κ3) is 1.96. The molecule has 0 unspecified atom stereocenters. The van der Waals surface area contributed by atoms with Crippen molar-refractivity contribution >= 4 is 11.8 Å². The minimum Gasteiger partial charge on any atom is -0.392 e. The van der Waals surface area contributed by atoms with E-state index in [1.807, 2.05) is 30.0 Å². The summed E-state index contributed by atoms with van der Waals surface area (Å²) in [5.74, 6) is 0. The highest BCUT2D eigenvalue weighted by atomic mass is 32.2. The first-order chi connectivity index (χ1) is 6.71. The highest BCUT2D eigenvalue weighted by molar-refractivity contribution is 8.00. The summed E-state index contributed by atoms with van der Waals surface area (Å²) >= 11 is 1.81. The molecule has 0 radical (unpaired) electrons. The van der Waals surface area contributed by atoms with Gasteiger partial charge in [0.2, 0.25) is 0 Å². The van der Waals surface area contributed by atoms with E-state index in [1.54, 1.807) is 0 Å². The minimum absolute atomic E-state index is 0.0291. The molecule has 1 N–H and O–H groups in total. The van der Waals surface area contributed by atoms with Crippen molar-refractivity contribution in [1.82, 2.24) is 0 Å². The average Bonchev–Trinajstić information content (AvgIpc) is 2.48. The van der Waals surface area contributed by atoms with E-state index >= 15 is 0 Å². The Morgan fingerprint density at radius 1 is 1.36 bits per heavy atom.